The van der Waals surface area contributed by atoms with Crippen LogP contribution in [0, 0.1) is 11.8 Å². The quantitative estimate of drug-likeness (QED) is 0.403. The Morgan fingerprint density at radius 3 is 2.62 bits per heavy atom. The first-order valence-electron chi connectivity index (χ1n) is 13.8. The van der Waals surface area contributed by atoms with Crippen molar-refractivity contribution >= 4 is 24.9 Å². The third kappa shape index (κ3) is 6.63. The van der Waals surface area contributed by atoms with Crippen molar-refractivity contribution in [2.75, 3.05) is 32.1 Å². The Morgan fingerprint density at radius 1 is 1.16 bits per heavy atom. The molecule has 1 unspecified atom stereocenters. The van der Waals surface area contributed by atoms with E-state index in [0.717, 1.165) is 50.2 Å². The van der Waals surface area contributed by atoms with Crippen molar-refractivity contribution in [1.82, 2.24) is 5.32 Å². The van der Waals surface area contributed by atoms with Crippen LogP contribution >= 0.6 is 0 Å². The van der Waals surface area contributed by atoms with E-state index in [1.165, 1.54) is 10.8 Å². The molecule has 2 heterocycles. The first-order valence-corrected chi connectivity index (χ1v) is 16.9. The predicted molar refractivity (Wildman–Crippen MR) is 152 cm³/mol. The van der Waals surface area contributed by atoms with Crippen LogP contribution in [0.2, 0.25) is 18.6 Å². The number of hydrogen-bond donors (Lipinski definition) is 3. The second kappa shape index (κ2) is 12.6. The van der Waals surface area contributed by atoms with Crippen molar-refractivity contribution < 1.29 is 19.4 Å². The molecule has 0 radical (unpaired) electrons. The molecule has 2 aliphatic heterocycles. The molecule has 6 nitrogen and oxygen atoms in total. The summed E-state index contributed by atoms with van der Waals surface area (Å²) in [5.74, 6) is 1.44. The Bertz CT molecular complexity index is 1020. The fourth-order valence-corrected chi connectivity index (χ4v) is 10.6. The van der Waals surface area contributed by atoms with Crippen LogP contribution in [0.4, 0.5) is 5.69 Å². The van der Waals surface area contributed by atoms with Gasteiger partial charge in [-0.05, 0) is 79.9 Å². The topological polar surface area (TPSA) is 79.8 Å². The molecule has 2 aliphatic rings. The van der Waals surface area contributed by atoms with Crippen molar-refractivity contribution in [3.8, 4) is 5.75 Å². The van der Waals surface area contributed by atoms with Gasteiger partial charge in [0.05, 0.1) is 33.3 Å². The van der Waals surface area contributed by atoms with E-state index in [-0.39, 0.29) is 30.6 Å². The van der Waals surface area contributed by atoms with E-state index in [1.54, 1.807) is 7.11 Å². The molecule has 1 amide bonds. The maximum Gasteiger partial charge on any atom is 0.228 e. The number of methoxy groups -OCH3 is 1. The number of rotatable bonds is 10. The number of ether oxygens (including phenoxy) is 2. The lowest BCUT2D eigenvalue weighted by molar-refractivity contribution is -0.120. The maximum absolute atomic E-state index is 12.7. The highest BCUT2D eigenvalue weighted by Crippen LogP contribution is 2.46. The summed E-state index contributed by atoms with van der Waals surface area (Å²) in [6.07, 6.45) is 4.72. The number of amides is 1. The summed E-state index contributed by atoms with van der Waals surface area (Å²) in [5.41, 5.74) is 2.51. The van der Waals surface area contributed by atoms with Crippen molar-refractivity contribution in [3.05, 3.63) is 54.1 Å². The van der Waals surface area contributed by atoms with Gasteiger partial charge in [-0.1, -0.05) is 49.5 Å². The van der Waals surface area contributed by atoms with Crippen LogP contribution in [0.1, 0.15) is 38.2 Å². The van der Waals surface area contributed by atoms with Crippen LogP contribution in [-0.2, 0) is 16.0 Å². The van der Waals surface area contributed by atoms with Gasteiger partial charge in [-0.3, -0.25) is 4.79 Å². The molecule has 4 rings (SSSR count). The van der Waals surface area contributed by atoms with Crippen molar-refractivity contribution in [1.29, 1.82) is 0 Å². The summed E-state index contributed by atoms with van der Waals surface area (Å²) in [6, 6.07) is 16.8. The minimum atomic E-state index is -1.88. The number of aliphatic hydroxyl groups excluding tert-OH is 1. The van der Waals surface area contributed by atoms with Gasteiger partial charge in [0.15, 0.2) is 0 Å². The zero-order chi connectivity index (χ0) is 26.4. The number of benzene rings is 2. The molecule has 202 valence electrons. The molecular formula is C30H44N2O4Si. The summed E-state index contributed by atoms with van der Waals surface area (Å²) >= 11 is 0. The summed E-state index contributed by atoms with van der Waals surface area (Å²) in [6.45, 7) is 9.10. The Morgan fingerprint density at radius 2 is 1.95 bits per heavy atom. The second-order valence-corrected chi connectivity index (χ2v) is 16.0. The number of piperidine rings is 1. The lowest BCUT2D eigenvalue weighted by Gasteiger charge is -2.36. The first-order chi connectivity index (χ1) is 17.8. The van der Waals surface area contributed by atoms with Gasteiger partial charge in [0.2, 0.25) is 5.91 Å². The van der Waals surface area contributed by atoms with Gasteiger partial charge >= 0.3 is 0 Å². The van der Waals surface area contributed by atoms with Crippen LogP contribution in [0.3, 0.4) is 0 Å². The molecular weight excluding hydrogens is 480 g/mol. The van der Waals surface area contributed by atoms with Gasteiger partial charge < -0.3 is 25.2 Å². The standard InChI is InChI=1S/C30H44N2O4Si/c1-21-27(15-10-22-7-5-9-24(19-22)32-30(34)23-8-6-17-31-20-23)36-28(16-18-33)29(21)37(3,4)26-13-11-25(35-2)12-14-26/h5,7,9,11-14,19,21,23,27-29,31,33H,6,8,10,15-18,20H2,1-4H3,(H,32,34)/t21-,23?,27+,28-,29+/m0/s1. The zero-order valence-electron chi connectivity index (χ0n) is 22.8. The van der Waals surface area contributed by atoms with E-state index in [4.69, 9.17) is 9.47 Å². The fraction of sp³-hybridized carbons (Fsp3) is 0.567. The normalized spacial score (nSPS) is 26.1. The summed E-state index contributed by atoms with van der Waals surface area (Å²) in [4.78, 5) is 12.7. The van der Waals surface area contributed by atoms with E-state index in [9.17, 15) is 9.90 Å². The van der Waals surface area contributed by atoms with Crippen LogP contribution in [-0.4, -0.2) is 58.1 Å². The lowest BCUT2D eigenvalue weighted by Crippen LogP contribution is -2.50. The Hall–Kier alpha value is -2.19. The van der Waals surface area contributed by atoms with E-state index in [1.807, 2.05) is 12.1 Å². The van der Waals surface area contributed by atoms with Gasteiger partial charge in [0.25, 0.3) is 0 Å². The second-order valence-electron chi connectivity index (χ2n) is 11.3. The maximum atomic E-state index is 12.7. The van der Waals surface area contributed by atoms with E-state index >= 15 is 0 Å². The van der Waals surface area contributed by atoms with Crippen LogP contribution in [0.15, 0.2) is 48.5 Å². The third-order valence-electron chi connectivity index (χ3n) is 8.56. The monoisotopic (exact) mass is 524 g/mol. The Kier molecular flexibility index (Phi) is 9.45. The minimum absolute atomic E-state index is 0.0451. The molecule has 2 saturated heterocycles. The van der Waals surface area contributed by atoms with Crippen molar-refractivity contribution in [3.63, 3.8) is 0 Å². The number of aliphatic hydroxyl groups is 1. The number of aryl methyl sites for hydroxylation is 1. The fourth-order valence-electron chi connectivity index (χ4n) is 6.48. The highest BCUT2D eigenvalue weighted by molar-refractivity contribution is 6.91. The van der Waals surface area contributed by atoms with Crippen LogP contribution in [0.5, 0.6) is 5.75 Å². The highest BCUT2D eigenvalue weighted by atomic mass is 28.3. The van der Waals surface area contributed by atoms with Crippen LogP contribution < -0.4 is 20.6 Å². The third-order valence-corrected chi connectivity index (χ3v) is 12.9. The Balaban J connectivity index is 1.41. The van der Waals surface area contributed by atoms with Crippen molar-refractivity contribution in [2.45, 2.75) is 69.9 Å². The molecule has 3 N–H and O–H groups in total. The molecule has 0 bridgehead atoms. The van der Waals surface area contributed by atoms with Gasteiger partial charge in [0.1, 0.15) is 5.75 Å². The first kappa shape index (κ1) is 27.8. The number of anilines is 1. The number of carbonyl (C=O) groups is 1. The molecule has 0 saturated carbocycles. The highest BCUT2D eigenvalue weighted by Gasteiger charge is 2.50. The molecule has 0 spiro atoms. The van der Waals surface area contributed by atoms with Crippen LogP contribution in [0.25, 0.3) is 0 Å². The van der Waals surface area contributed by atoms with E-state index in [0.29, 0.717) is 17.9 Å². The minimum Gasteiger partial charge on any atom is -0.497 e. The van der Waals surface area contributed by atoms with Gasteiger partial charge in [-0.15, -0.1) is 0 Å². The largest absolute Gasteiger partial charge is 0.497 e. The van der Waals surface area contributed by atoms with Crippen molar-refractivity contribution in [2.24, 2.45) is 11.8 Å². The van der Waals surface area contributed by atoms with Gasteiger partial charge in [0, 0.05) is 18.8 Å². The van der Waals surface area contributed by atoms with Gasteiger partial charge in [-0.25, -0.2) is 0 Å². The van der Waals surface area contributed by atoms with E-state index < -0.39 is 8.07 Å². The van der Waals surface area contributed by atoms with E-state index in [2.05, 4.69) is 67.0 Å². The molecule has 0 aromatic heterocycles. The molecule has 2 fully saturated rings. The van der Waals surface area contributed by atoms with Gasteiger partial charge in [-0.2, -0.15) is 0 Å². The summed E-state index contributed by atoms with van der Waals surface area (Å²) in [7, 11) is -0.185. The summed E-state index contributed by atoms with van der Waals surface area (Å²) < 4.78 is 12.0. The number of nitrogens with one attached hydrogen (secondary N) is 2. The molecule has 2 aromatic rings. The molecule has 37 heavy (non-hydrogen) atoms. The SMILES string of the molecule is COc1ccc([Si](C)(C)[C@@H]2[C@@H](C)[C@@H](CCc3cccc(NC(=O)C4CCCNC4)c3)O[C@H]2CCO)cc1. The molecule has 0 aliphatic carbocycles. The molecule has 5 atom stereocenters. The average molecular weight is 525 g/mol. The predicted octanol–water partition coefficient (Wildman–Crippen LogP) is 4.34. The molecule has 7 heteroatoms. The average Bonchev–Trinajstić information content (AvgIpc) is 3.23. The lowest BCUT2D eigenvalue weighted by atomic mass is 9.95. The number of hydrogen-bond acceptors (Lipinski definition) is 5. The molecule has 2 aromatic carbocycles. The zero-order valence-corrected chi connectivity index (χ0v) is 23.8. The smallest absolute Gasteiger partial charge is 0.228 e. The summed E-state index contributed by atoms with van der Waals surface area (Å²) in [5, 5.41) is 17.6. The Labute approximate surface area is 223 Å². The number of carbonyl (C=O) groups excluding carboxylic acids is 1.